The van der Waals surface area contributed by atoms with E-state index in [0.29, 0.717) is 0 Å². The Labute approximate surface area is 145 Å². The number of hydrogen-bond donors (Lipinski definition) is 1. The summed E-state index contributed by atoms with van der Waals surface area (Å²) in [6, 6.07) is 11.7. The molecule has 4 heterocycles. The first kappa shape index (κ1) is 15.3. The molecule has 0 atom stereocenters. The number of fused-ring (bicyclic) bond motifs is 1. The van der Waals surface area contributed by atoms with E-state index in [2.05, 4.69) is 43.7 Å². The third kappa shape index (κ3) is 2.61. The number of aromatic nitrogens is 5. The van der Waals surface area contributed by atoms with Crippen LogP contribution in [0.1, 0.15) is 17.0 Å². The average molecular weight is 330 g/mol. The largest absolute Gasteiger partial charge is 0.324 e. The molecule has 6 heteroatoms. The number of nitrogens with one attached hydrogen (secondary N) is 1. The quantitative estimate of drug-likeness (QED) is 0.617. The van der Waals surface area contributed by atoms with Gasteiger partial charge >= 0.3 is 0 Å². The van der Waals surface area contributed by atoms with Crippen LogP contribution in [0.5, 0.6) is 0 Å². The minimum atomic E-state index is 0.749. The predicted molar refractivity (Wildman–Crippen MR) is 98.4 cm³/mol. The van der Waals surface area contributed by atoms with Crippen molar-refractivity contribution in [2.45, 2.75) is 20.8 Å². The Hall–Kier alpha value is -3.28. The molecule has 0 radical (unpaired) electrons. The van der Waals surface area contributed by atoms with Crippen LogP contribution in [0.15, 0.2) is 48.9 Å². The minimum absolute atomic E-state index is 0.749. The summed E-state index contributed by atoms with van der Waals surface area (Å²) in [5, 5.41) is 4.31. The first-order chi connectivity index (χ1) is 12.1. The fourth-order valence-corrected chi connectivity index (χ4v) is 2.99. The van der Waals surface area contributed by atoms with E-state index < -0.39 is 0 Å². The van der Waals surface area contributed by atoms with E-state index in [1.54, 1.807) is 12.5 Å². The van der Waals surface area contributed by atoms with E-state index in [0.717, 1.165) is 45.4 Å². The predicted octanol–water partition coefficient (Wildman–Crippen LogP) is 3.88. The van der Waals surface area contributed by atoms with Crippen LogP contribution >= 0.6 is 0 Å². The highest BCUT2D eigenvalue weighted by Gasteiger charge is 2.18. The van der Waals surface area contributed by atoms with Crippen molar-refractivity contribution in [1.82, 2.24) is 24.5 Å². The van der Waals surface area contributed by atoms with Crippen molar-refractivity contribution in [3.05, 3.63) is 65.9 Å². The maximum atomic E-state index is 4.51. The van der Waals surface area contributed by atoms with Crippen LogP contribution < -0.4 is 5.32 Å². The number of pyridine rings is 2. The Morgan fingerprint density at radius 2 is 1.80 bits per heavy atom. The van der Waals surface area contributed by atoms with Gasteiger partial charge in [-0.1, -0.05) is 12.1 Å². The van der Waals surface area contributed by atoms with Gasteiger partial charge in [0.05, 0.1) is 5.39 Å². The van der Waals surface area contributed by atoms with Crippen LogP contribution in [-0.2, 0) is 0 Å². The van der Waals surface area contributed by atoms with Gasteiger partial charge < -0.3 is 5.32 Å². The molecule has 1 N–H and O–H groups in total. The second kappa shape index (κ2) is 5.98. The second-order valence-electron chi connectivity index (χ2n) is 5.94. The number of anilines is 2. The highest BCUT2D eigenvalue weighted by molar-refractivity contribution is 5.94. The van der Waals surface area contributed by atoms with E-state index in [-0.39, 0.29) is 0 Å². The molecule has 0 saturated heterocycles. The fourth-order valence-electron chi connectivity index (χ4n) is 2.99. The van der Waals surface area contributed by atoms with Gasteiger partial charge in [0.25, 0.3) is 0 Å². The smallest absolute Gasteiger partial charge is 0.151 e. The van der Waals surface area contributed by atoms with Crippen molar-refractivity contribution in [1.29, 1.82) is 0 Å². The van der Waals surface area contributed by atoms with Crippen molar-refractivity contribution < 1.29 is 0 Å². The van der Waals surface area contributed by atoms with Gasteiger partial charge in [-0.05, 0) is 50.6 Å². The summed E-state index contributed by atoms with van der Waals surface area (Å²) < 4.78 is 2.06. The third-order valence-electron chi connectivity index (χ3n) is 4.31. The molecule has 6 nitrogen and oxygen atoms in total. The fraction of sp³-hybridized carbons (Fsp3) is 0.158. The second-order valence-corrected chi connectivity index (χ2v) is 5.94. The first-order valence-electron chi connectivity index (χ1n) is 8.10. The number of aryl methyl sites for hydroxylation is 2. The molecule has 4 rings (SSSR count). The van der Waals surface area contributed by atoms with Crippen LogP contribution in [-0.4, -0.2) is 24.5 Å². The average Bonchev–Trinajstić information content (AvgIpc) is 2.88. The van der Waals surface area contributed by atoms with Gasteiger partial charge in [0.2, 0.25) is 0 Å². The molecule has 0 bridgehead atoms. The molecule has 0 unspecified atom stereocenters. The molecule has 0 aliphatic carbocycles. The van der Waals surface area contributed by atoms with E-state index in [9.17, 15) is 0 Å². The normalized spacial score (nSPS) is 11.0. The van der Waals surface area contributed by atoms with Gasteiger partial charge in [0, 0.05) is 17.6 Å². The maximum Gasteiger partial charge on any atom is 0.151 e. The molecule has 4 aromatic rings. The third-order valence-corrected chi connectivity index (χ3v) is 4.31. The van der Waals surface area contributed by atoms with Crippen molar-refractivity contribution in [3.8, 4) is 5.82 Å². The lowest BCUT2D eigenvalue weighted by molar-refractivity contribution is 0.966. The summed E-state index contributed by atoms with van der Waals surface area (Å²) >= 11 is 0. The van der Waals surface area contributed by atoms with Crippen LogP contribution in [0.2, 0.25) is 0 Å². The summed E-state index contributed by atoms with van der Waals surface area (Å²) in [6.45, 7) is 6.11. The van der Waals surface area contributed by atoms with Crippen molar-refractivity contribution >= 4 is 22.7 Å². The summed E-state index contributed by atoms with van der Waals surface area (Å²) in [5.74, 6) is 2.36. The van der Waals surface area contributed by atoms with Crippen LogP contribution in [0, 0.1) is 20.8 Å². The molecular weight excluding hydrogens is 312 g/mol. The Morgan fingerprint density at radius 3 is 2.56 bits per heavy atom. The summed E-state index contributed by atoms with van der Waals surface area (Å²) in [5.41, 5.74) is 4.00. The first-order valence-corrected chi connectivity index (χ1v) is 8.10. The monoisotopic (exact) mass is 330 g/mol. The Kier molecular flexibility index (Phi) is 3.65. The highest BCUT2D eigenvalue weighted by Crippen LogP contribution is 2.31. The lowest BCUT2D eigenvalue weighted by Gasteiger charge is -2.08. The molecule has 25 heavy (non-hydrogen) atoms. The van der Waals surface area contributed by atoms with Gasteiger partial charge in [-0.25, -0.2) is 19.9 Å². The van der Waals surface area contributed by atoms with Gasteiger partial charge in [0.1, 0.15) is 23.8 Å². The summed E-state index contributed by atoms with van der Waals surface area (Å²) in [7, 11) is 0. The van der Waals surface area contributed by atoms with Crippen LogP contribution in [0.25, 0.3) is 16.9 Å². The van der Waals surface area contributed by atoms with E-state index in [1.807, 2.05) is 43.3 Å². The van der Waals surface area contributed by atoms with Crippen molar-refractivity contribution in [2.24, 2.45) is 0 Å². The zero-order valence-electron chi connectivity index (χ0n) is 14.4. The maximum absolute atomic E-state index is 4.51. The highest BCUT2D eigenvalue weighted by atomic mass is 15.1. The van der Waals surface area contributed by atoms with E-state index in [4.69, 9.17) is 0 Å². The topological polar surface area (TPSA) is 68.5 Å². The molecule has 0 fully saturated rings. The van der Waals surface area contributed by atoms with Crippen molar-refractivity contribution in [2.75, 3.05) is 5.32 Å². The molecule has 0 aromatic carbocycles. The zero-order chi connectivity index (χ0) is 17.4. The molecule has 4 aromatic heterocycles. The summed E-state index contributed by atoms with van der Waals surface area (Å²) in [6.07, 6.45) is 3.35. The van der Waals surface area contributed by atoms with Crippen LogP contribution in [0.3, 0.4) is 0 Å². The molecule has 0 spiro atoms. The van der Waals surface area contributed by atoms with Gasteiger partial charge in [-0.15, -0.1) is 0 Å². The molecule has 0 amide bonds. The molecule has 0 aliphatic rings. The zero-order valence-corrected chi connectivity index (χ0v) is 14.4. The lowest BCUT2D eigenvalue weighted by atomic mass is 10.2. The number of hydrogen-bond acceptors (Lipinski definition) is 5. The number of nitrogens with zero attached hydrogens (tertiary/aromatic N) is 5. The lowest BCUT2D eigenvalue weighted by Crippen LogP contribution is -2.01. The van der Waals surface area contributed by atoms with Crippen molar-refractivity contribution in [3.63, 3.8) is 0 Å². The van der Waals surface area contributed by atoms with Crippen LogP contribution in [0.4, 0.5) is 11.6 Å². The van der Waals surface area contributed by atoms with Gasteiger partial charge in [-0.2, -0.15) is 0 Å². The van der Waals surface area contributed by atoms with Gasteiger partial charge in [0.15, 0.2) is 5.65 Å². The molecular formula is C19H18N6. The Bertz CT molecular complexity index is 1050. The molecule has 0 saturated carbocycles. The SMILES string of the molecule is Cc1cccc(Nc2ncnc3c2c(C)c(C)n3-c2ccccn2)n1. The van der Waals surface area contributed by atoms with E-state index >= 15 is 0 Å². The Morgan fingerprint density at radius 1 is 0.920 bits per heavy atom. The molecule has 124 valence electrons. The summed E-state index contributed by atoms with van der Waals surface area (Å²) in [4.78, 5) is 17.9. The minimum Gasteiger partial charge on any atom is -0.324 e. The molecule has 0 aliphatic heterocycles. The number of rotatable bonds is 3. The Balaban J connectivity index is 1.91. The van der Waals surface area contributed by atoms with E-state index in [1.165, 1.54) is 0 Å². The van der Waals surface area contributed by atoms with Gasteiger partial charge in [-0.3, -0.25) is 4.57 Å². The standard InChI is InChI=1S/C19H18N6/c1-12-7-6-8-15(23-12)24-18-17-13(2)14(3)25(19(17)22-11-21-18)16-9-4-5-10-20-16/h4-11H,1-3H3,(H,21,22,23,24).